The highest BCUT2D eigenvalue weighted by molar-refractivity contribution is 6.31. The molecule has 3 N–H and O–H groups in total. The van der Waals surface area contributed by atoms with Crippen molar-refractivity contribution < 1.29 is 9.59 Å². The van der Waals surface area contributed by atoms with Gasteiger partial charge in [-0.25, -0.2) is 0 Å². The fourth-order valence-corrected chi connectivity index (χ4v) is 2.79. The first-order chi connectivity index (χ1) is 13.9. The number of pyridine rings is 1. The van der Waals surface area contributed by atoms with Crippen molar-refractivity contribution in [3.8, 4) is 0 Å². The maximum atomic E-state index is 12.9. The quantitative estimate of drug-likeness (QED) is 0.424. The van der Waals surface area contributed by atoms with Gasteiger partial charge in [0, 0.05) is 21.8 Å². The van der Waals surface area contributed by atoms with Gasteiger partial charge in [-0.2, -0.15) is 0 Å². The predicted molar refractivity (Wildman–Crippen MR) is 112 cm³/mol. The molecule has 0 saturated heterocycles. The second kappa shape index (κ2) is 9.32. The first kappa shape index (κ1) is 20.5. The monoisotopic (exact) mass is 426 g/mol. The highest BCUT2D eigenvalue weighted by Crippen LogP contribution is 2.18. The number of aromatic nitrogens is 1. The summed E-state index contributed by atoms with van der Waals surface area (Å²) in [5, 5.41) is 14.3. The lowest BCUT2D eigenvalue weighted by atomic mass is 10.0. The van der Waals surface area contributed by atoms with Gasteiger partial charge in [-0.15, -0.1) is 0 Å². The van der Waals surface area contributed by atoms with Gasteiger partial charge in [-0.3, -0.25) is 20.0 Å². The molecule has 0 saturated carbocycles. The Bertz CT molecular complexity index is 1020. The van der Waals surface area contributed by atoms with Gasteiger partial charge in [-0.05, 0) is 54.1 Å². The molecule has 1 unspecified atom stereocenters. The maximum Gasteiger partial charge on any atom is 0.252 e. The van der Waals surface area contributed by atoms with Crippen molar-refractivity contribution in [1.82, 2.24) is 15.6 Å². The van der Waals surface area contributed by atoms with E-state index in [1.165, 1.54) is 6.20 Å². The average Bonchev–Trinajstić information content (AvgIpc) is 2.73. The number of nitrogens with one attached hydrogen (secondary N) is 3. The molecule has 1 atom stereocenters. The van der Waals surface area contributed by atoms with E-state index in [0.717, 1.165) is 0 Å². The number of carbonyl (C=O) groups is 2. The molecule has 3 aromatic rings. The number of rotatable bonds is 5. The van der Waals surface area contributed by atoms with E-state index in [2.05, 4.69) is 15.6 Å². The lowest BCUT2D eigenvalue weighted by Crippen LogP contribution is -2.43. The third-order valence-corrected chi connectivity index (χ3v) is 4.52. The zero-order chi connectivity index (χ0) is 20.8. The van der Waals surface area contributed by atoms with Gasteiger partial charge in [0.25, 0.3) is 11.8 Å². The molecule has 0 aliphatic rings. The third kappa shape index (κ3) is 5.40. The summed E-state index contributed by atoms with van der Waals surface area (Å²) >= 11 is 11.8. The molecule has 1 aromatic heterocycles. The molecule has 0 aliphatic heterocycles. The Hall–Kier alpha value is -3.22. The van der Waals surface area contributed by atoms with Crippen molar-refractivity contribution in [2.24, 2.45) is 0 Å². The van der Waals surface area contributed by atoms with Gasteiger partial charge in [-0.1, -0.05) is 41.4 Å². The van der Waals surface area contributed by atoms with Crippen LogP contribution in [0.1, 0.15) is 27.7 Å². The van der Waals surface area contributed by atoms with Crippen molar-refractivity contribution in [2.45, 2.75) is 6.04 Å². The molecule has 0 radical (unpaired) electrons. The van der Waals surface area contributed by atoms with Gasteiger partial charge >= 0.3 is 0 Å². The van der Waals surface area contributed by atoms with E-state index in [1.807, 2.05) is 0 Å². The summed E-state index contributed by atoms with van der Waals surface area (Å²) in [6, 6.07) is 16.8. The highest BCUT2D eigenvalue weighted by atomic mass is 35.5. The molecule has 2 amide bonds. The molecule has 3 rings (SSSR count). The first-order valence-corrected chi connectivity index (χ1v) is 9.32. The second-order valence-corrected chi connectivity index (χ2v) is 6.92. The van der Waals surface area contributed by atoms with E-state index in [-0.39, 0.29) is 5.84 Å². The minimum Gasteiger partial charge on any atom is -0.336 e. The van der Waals surface area contributed by atoms with Crippen LogP contribution in [0.2, 0.25) is 10.0 Å². The highest BCUT2D eigenvalue weighted by Gasteiger charge is 2.24. The standard InChI is InChI=1S/C21H16Cl2N4O2/c22-15-8-4-13(5-9-15)18(26-20(28)14-6-10-16(23)11-7-14)21(29)27-19(24)17-3-1-2-12-25-17/h1-12,18H,(H,26,28)(H2,24,27,29). The van der Waals surface area contributed by atoms with Crippen LogP contribution in [0.25, 0.3) is 0 Å². The molecule has 0 aliphatic carbocycles. The van der Waals surface area contributed by atoms with E-state index >= 15 is 0 Å². The maximum absolute atomic E-state index is 12.9. The van der Waals surface area contributed by atoms with Crippen LogP contribution in [-0.2, 0) is 4.79 Å². The van der Waals surface area contributed by atoms with Crippen molar-refractivity contribution >= 4 is 40.9 Å². The minimum atomic E-state index is -1.04. The van der Waals surface area contributed by atoms with Crippen LogP contribution < -0.4 is 10.6 Å². The zero-order valence-electron chi connectivity index (χ0n) is 15.0. The van der Waals surface area contributed by atoms with Gasteiger partial charge < -0.3 is 10.6 Å². The molecule has 8 heteroatoms. The minimum absolute atomic E-state index is 0.171. The molecular weight excluding hydrogens is 411 g/mol. The number of nitrogens with zero attached hydrogens (tertiary/aromatic N) is 1. The van der Waals surface area contributed by atoms with Crippen LogP contribution in [-0.4, -0.2) is 22.6 Å². The van der Waals surface area contributed by atoms with Crippen LogP contribution in [0.5, 0.6) is 0 Å². The summed E-state index contributed by atoms with van der Waals surface area (Å²) in [6.45, 7) is 0. The molecule has 6 nitrogen and oxygen atoms in total. The fraction of sp³-hybridized carbons (Fsp3) is 0.0476. The first-order valence-electron chi connectivity index (χ1n) is 8.57. The smallest absolute Gasteiger partial charge is 0.252 e. The van der Waals surface area contributed by atoms with Crippen LogP contribution in [0.4, 0.5) is 0 Å². The van der Waals surface area contributed by atoms with Crippen LogP contribution in [0.3, 0.4) is 0 Å². The summed E-state index contributed by atoms with van der Waals surface area (Å²) in [5.74, 6) is -1.21. The Morgan fingerprint density at radius 3 is 2.10 bits per heavy atom. The zero-order valence-corrected chi connectivity index (χ0v) is 16.5. The molecular formula is C21H16Cl2N4O2. The van der Waals surface area contributed by atoms with Gasteiger partial charge in [0.15, 0.2) is 5.84 Å². The molecule has 0 bridgehead atoms. The fourth-order valence-electron chi connectivity index (χ4n) is 2.54. The lowest BCUT2D eigenvalue weighted by molar-refractivity contribution is -0.121. The van der Waals surface area contributed by atoms with Gasteiger partial charge in [0.2, 0.25) is 0 Å². The lowest BCUT2D eigenvalue weighted by Gasteiger charge is -2.19. The van der Waals surface area contributed by atoms with E-state index in [1.54, 1.807) is 66.7 Å². The topological polar surface area (TPSA) is 94.9 Å². The van der Waals surface area contributed by atoms with E-state index in [9.17, 15) is 9.59 Å². The summed E-state index contributed by atoms with van der Waals surface area (Å²) in [4.78, 5) is 29.6. The molecule has 1 heterocycles. The number of hydrogen-bond donors (Lipinski definition) is 3. The molecule has 0 fully saturated rings. The number of benzene rings is 2. The SMILES string of the molecule is N=C(NC(=O)C(NC(=O)c1ccc(Cl)cc1)c1ccc(Cl)cc1)c1ccccn1. The summed E-state index contributed by atoms with van der Waals surface area (Å²) < 4.78 is 0. The second-order valence-electron chi connectivity index (χ2n) is 6.04. The average molecular weight is 427 g/mol. The molecule has 29 heavy (non-hydrogen) atoms. The van der Waals surface area contributed by atoms with Crippen LogP contribution in [0.15, 0.2) is 72.9 Å². The largest absolute Gasteiger partial charge is 0.336 e. The number of carbonyl (C=O) groups excluding carboxylic acids is 2. The van der Waals surface area contributed by atoms with E-state index in [4.69, 9.17) is 28.6 Å². The van der Waals surface area contributed by atoms with E-state index in [0.29, 0.717) is 26.9 Å². The van der Waals surface area contributed by atoms with Gasteiger partial charge in [0.1, 0.15) is 11.7 Å². The third-order valence-electron chi connectivity index (χ3n) is 4.02. The normalized spacial score (nSPS) is 11.4. The Kier molecular flexibility index (Phi) is 6.59. The predicted octanol–water partition coefficient (Wildman–Crippen LogP) is 4.00. The molecule has 0 spiro atoms. The van der Waals surface area contributed by atoms with Crippen molar-refractivity contribution in [1.29, 1.82) is 5.41 Å². The number of hydrogen-bond acceptors (Lipinski definition) is 4. The Balaban J connectivity index is 1.83. The van der Waals surface area contributed by atoms with Crippen molar-refractivity contribution in [2.75, 3.05) is 0 Å². The summed E-state index contributed by atoms with van der Waals surface area (Å²) in [7, 11) is 0. The Morgan fingerprint density at radius 2 is 1.52 bits per heavy atom. The summed E-state index contributed by atoms with van der Waals surface area (Å²) in [6.07, 6.45) is 1.52. The van der Waals surface area contributed by atoms with Crippen LogP contribution >= 0.6 is 23.2 Å². The number of amidine groups is 1. The Morgan fingerprint density at radius 1 is 0.897 bits per heavy atom. The Labute approximate surface area is 177 Å². The molecule has 2 aromatic carbocycles. The van der Waals surface area contributed by atoms with Gasteiger partial charge in [0.05, 0.1) is 0 Å². The van der Waals surface area contributed by atoms with E-state index < -0.39 is 17.9 Å². The van der Waals surface area contributed by atoms with Crippen LogP contribution in [0, 0.1) is 5.41 Å². The van der Waals surface area contributed by atoms with Crippen molar-refractivity contribution in [3.05, 3.63) is 99.8 Å². The number of halogens is 2. The molecule has 146 valence electrons. The van der Waals surface area contributed by atoms with Crippen molar-refractivity contribution in [3.63, 3.8) is 0 Å². The number of amides is 2. The summed E-state index contributed by atoms with van der Waals surface area (Å²) in [5.41, 5.74) is 1.17.